The Labute approximate surface area is 129 Å². The lowest BCUT2D eigenvalue weighted by atomic mass is 10.1. The van der Waals surface area contributed by atoms with Gasteiger partial charge in [-0.05, 0) is 17.7 Å². The second-order valence-corrected chi connectivity index (χ2v) is 7.01. The van der Waals surface area contributed by atoms with E-state index in [4.69, 9.17) is 4.74 Å². The fourth-order valence-corrected chi connectivity index (χ4v) is 2.85. The summed E-state index contributed by atoms with van der Waals surface area (Å²) in [6, 6.07) is 7.28. The summed E-state index contributed by atoms with van der Waals surface area (Å²) in [5.41, 5.74) is 0.915. The van der Waals surface area contributed by atoms with Crippen molar-refractivity contribution >= 4 is 21.8 Å². The van der Waals surface area contributed by atoms with Gasteiger partial charge in [0.2, 0.25) is 21.8 Å². The molecule has 22 heavy (non-hydrogen) atoms. The zero-order valence-electron chi connectivity index (χ0n) is 12.4. The van der Waals surface area contributed by atoms with E-state index in [9.17, 15) is 18.0 Å². The van der Waals surface area contributed by atoms with Gasteiger partial charge in [-0.2, -0.15) is 0 Å². The summed E-state index contributed by atoms with van der Waals surface area (Å²) in [4.78, 5) is 25.3. The number of hydrogen-bond acceptors (Lipinski definition) is 5. The predicted molar refractivity (Wildman–Crippen MR) is 79.5 cm³/mol. The van der Waals surface area contributed by atoms with Crippen LogP contribution in [0.15, 0.2) is 24.3 Å². The number of sulfonamides is 1. The Morgan fingerprint density at radius 2 is 2.00 bits per heavy atom. The van der Waals surface area contributed by atoms with Gasteiger partial charge in [0.1, 0.15) is 5.75 Å². The van der Waals surface area contributed by atoms with Gasteiger partial charge >= 0.3 is 0 Å². The average molecular weight is 326 g/mol. The molecule has 0 unspecified atom stereocenters. The smallest absolute Gasteiger partial charge is 0.238 e. The molecule has 8 heteroatoms. The summed E-state index contributed by atoms with van der Waals surface area (Å²) in [6.07, 6.45) is 0.939. The average Bonchev–Trinajstić information content (AvgIpc) is 2.79. The molecule has 120 valence electrons. The first-order chi connectivity index (χ1) is 10.3. The minimum absolute atomic E-state index is 0.0253. The van der Waals surface area contributed by atoms with Crippen LogP contribution >= 0.6 is 0 Å². The lowest BCUT2D eigenvalue weighted by Crippen LogP contribution is -2.36. The number of nitrogens with one attached hydrogen (secondary N) is 1. The highest BCUT2D eigenvalue weighted by molar-refractivity contribution is 7.89. The first-order valence-electron chi connectivity index (χ1n) is 6.71. The summed E-state index contributed by atoms with van der Waals surface area (Å²) in [5, 5.41) is 0. The number of hydrogen-bond donors (Lipinski definition) is 1. The Kier molecular flexibility index (Phi) is 4.70. The molecule has 1 aromatic carbocycles. The van der Waals surface area contributed by atoms with Crippen molar-refractivity contribution in [2.24, 2.45) is 5.92 Å². The third-order valence-corrected chi connectivity index (χ3v) is 3.98. The first-order valence-corrected chi connectivity index (χ1v) is 8.60. The van der Waals surface area contributed by atoms with E-state index in [1.165, 1.54) is 0 Å². The second-order valence-electron chi connectivity index (χ2n) is 5.26. The topological polar surface area (TPSA) is 92.8 Å². The fourth-order valence-electron chi connectivity index (χ4n) is 2.32. The molecular formula is C14H18N2O5S. The van der Waals surface area contributed by atoms with Crippen molar-refractivity contribution in [3.05, 3.63) is 29.8 Å². The number of carbonyl (C=O) groups excluding carboxylic acids is 2. The van der Waals surface area contributed by atoms with Crippen molar-refractivity contribution in [2.45, 2.75) is 13.0 Å². The lowest BCUT2D eigenvalue weighted by molar-refractivity contribution is -0.129. The highest BCUT2D eigenvalue weighted by atomic mass is 32.2. The van der Waals surface area contributed by atoms with Gasteiger partial charge in [-0.25, -0.2) is 8.42 Å². The fraction of sp³-hybridized carbons (Fsp3) is 0.429. The molecule has 0 radical (unpaired) electrons. The molecule has 1 aliphatic rings. The van der Waals surface area contributed by atoms with Crippen LogP contribution in [0, 0.1) is 5.92 Å². The summed E-state index contributed by atoms with van der Waals surface area (Å²) >= 11 is 0. The van der Waals surface area contributed by atoms with Crippen LogP contribution in [0.25, 0.3) is 0 Å². The van der Waals surface area contributed by atoms with Crippen molar-refractivity contribution < 1.29 is 22.7 Å². The summed E-state index contributed by atoms with van der Waals surface area (Å²) < 4.78 is 29.1. The predicted octanol–water partition coefficient (Wildman–Crippen LogP) is 0.120. The highest BCUT2D eigenvalue weighted by Crippen LogP contribution is 2.21. The third kappa shape index (κ3) is 4.20. The Morgan fingerprint density at radius 1 is 1.36 bits per heavy atom. The second kappa shape index (κ2) is 6.35. The summed E-state index contributed by atoms with van der Waals surface area (Å²) in [6.45, 7) is 0.595. The zero-order valence-corrected chi connectivity index (χ0v) is 13.2. The highest BCUT2D eigenvalue weighted by Gasteiger charge is 2.35. The Morgan fingerprint density at radius 3 is 2.55 bits per heavy atom. The molecular weight excluding hydrogens is 308 g/mol. The van der Waals surface area contributed by atoms with Gasteiger partial charge in [-0.1, -0.05) is 12.1 Å². The molecule has 0 bridgehead atoms. The van der Waals surface area contributed by atoms with E-state index < -0.39 is 21.8 Å². The third-order valence-electron chi connectivity index (χ3n) is 3.40. The SMILES string of the molecule is COc1ccc(CN2C[C@H](C(=O)NS(C)(=O)=O)CC2=O)cc1. The van der Waals surface area contributed by atoms with Crippen LogP contribution in [0.4, 0.5) is 0 Å². The molecule has 1 heterocycles. The van der Waals surface area contributed by atoms with E-state index in [1.54, 1.807) is 24.1 Å². The summed E-state index contributed by atoms with van der Waals surface area (Å²) in [7, 11) is -2.03. The quantitative estimate of drug-likeness (QED) is 0.829. The Bertz CT molecular complexity index is 669. The van der Waals surface area contributed by atoms with Gasteiger partial charge in [-0.3, -0.25) is 14.3 Å². The van der Waals surface area contributed by atoms with E-state index in [0.717, 1.165) is 17.6 Å². The van der Waals surface area contributed by atoms with Crippen molar-refractivity contribution in [1.29, 1.82) is 0 Å². The standard InChI is InChI=1S/C14H18N2O5S/c1-21-12-5-3-10(4-6-12)8-16-9-11(7-13(16)17)14(18)15-22(2,19)20/h3-6,11H,7-9H2,1-2H3,(H,15,18)/t11-/m1/s1. The number of methoxy groups -OCH3 is 1. The molecule has 0 aromatic heterocycles. The monoisotopic (exact) mass is 326 g/mol. The van der Waals surface area contributed by atoms with Crippen LogP contribution in [0.5, 0.6) is 5.75 Å². The van der Waals surface area contributed by atoms with Crippen molar-refractivity contribution in [2.75, 3.05) is 19.9 Å². The van der Waals surface area contributed by atoms with E-state index in [2.05, 4.69) is 0 Å². The number of nitrogens with zero attached hydrogens (tertiary/aromatic N) is 1. The van der Waals surface area contributed by atoms with E-state index in [-0.39, 0.29) is 18.9 Å². The van der Waals surface area contributed by atoms with Crippen molar-refractivity contribution in [3.8, 4) is 5.75 Å². The summed E-state index contributed by atoms with van der Waals surface area (Å²) in [5.74, 6) is -0.708. The molecule has 2 amide bonds. The number of carbonyl (C=O) groups is 2. The molecule has 1 aromatic rings. The van der Waals surface area contributed by atoms with Crippen LogP contribution in [0.1, 0.15) is 12.0 Å². The molecule has 1 fully saturated rings. The van der Waals surface area contributed by atoms with Gasteiger partial charge in [0, 0.05) is 19.5 Å². The molecule has 0 aliphatic carbocycles. The molecule has 7 nitrogen and oxygen atoms in total. The number of rotatable bonds is 5. The van der Waals surface area contributed by atoms with Gasteiger partial charge in [0.15, 0.2) is 0 Å². The Hall–Kier alpha value is -2.09. The number of ether oxygens (including phenoxy) is 1. The van der Waals surface area contributed by atoms with E-state index in [0.29, 0.717) is 6.54 Å². The largest absolute Gasteiger partial charge is 0.497 e. The molecule has 1 aliphatic heterocycles. The molecule has 1 atom stereocenters. The Balaban J connectivity index is 1.98. The number of benzene rings is 1. The van der Waals surface area contributed by atoms with Crippen LogP contribution < -0.4 is 9.46 Å². The molecule has 0 spiro atoms. The minimum Gasteiger partial charge on any atom is -0.497 e. The maximum Gasteiger partial charge on any atom is 0.238 e. The lowest BCUT2D eigenvalue weighted by Gasteiger charge is -2.16. The van der Waals surface area contributed by atoms with Gasteiger partial charge in [0.25, 0.3) is 0 Å². The van der Waals surface area contributed by atoms with E-state index in [1.807, 2.05) is 16.9 Å². The maximum atomic E-state index is 12.0. The minimum atomic E-state index is -3.61. The van der Waals surface area contributed by atoms with Crippen LogP contribution in [0.2, 0.25) is 0 Å². The zero-order chi connectivity index (χ0) is 16.3. The number of amides is 2. The van der Waals surface area contributed by atoms with Crippen molar-refractivity contribution in [3.63, 3.8) is 0 Å². The maximum absolute atomic E-state index is 12.0. The van der Waals surface area contributed by atoms with Crippen molar-refractivity contribution in [1.82, 2.24) is 9.62 Å². The van der Waals surface area contributed by atoms with Gasteiger partial charge in [-0.15, -0.1) is 0 Å². The van der Waals surface area contributed by atoms with Crippen LogP contribution in [-0.2, 0) is 26.2 Å². The molecule has 2 rings (SSSR count). The number of likely N-dealkylation sites (tertiary alicyclic amines) is 1. The van der Waals surface area contributed by atoms with Crippen LogP contribution in [-0.4, -0.2) is 45.0 Å². The van der Waals surface area contributed by atoms with E-state index >= 15 is 0 Å². The molecule has 1 N–H and O–H groups in total. The first kappa shape index (κ1) is 16.3. The molecule has 1 saturated heterocycles. The van der Waals surface area contributed by atoms with Gasteiger partial charge < -0.3 is 9.64 Å². The normalized spacial score (nSPS) is 18.4. The van der Waals surface area contributed by atoms with Gasteiger partial charge in [0.05, 0.1) is 19.3 Å². The van der Waals surface area contributed by atoms with Crippen LogP contribution in [0.3, 0.4) is 0 Å². The molecule has 0 saturated carbocycles.